The minimum absolute atomic E-state index is 0.0117. The summed E-state index contributed by atoms with van der Waals surface area (Å²) in [6.07, 6.45) is -3.07. The molecule has 0 spiro atoms. The van der Waals surface area contributed by atoms with E-state index in [1.807, 2.05) is 0 Å². The second-order valence-corrected chi connectivity index (χ2v) is 10.2. The molecule has 9 heteroatoms. The largest absolute Gasteiger partial charge is 0.418 e. The molecule has 0 fully saturated rings. The molecule has 1 aromatic heterocycles. The van der Waals surface area contributed by atoms with Crippen LogP contribution in [0, 0.1) is 0 Å². The van der Waals surface area contributed by atoms with Crippen molar-refractivity contribution in [3.63, 3.8) is 0 Å². The highest BCUT2D eigenvalue weighted by Gasteiger charge is 2.33. The summed E-state index contributed by atoms with van der Waals surface area (Å²) >= 11 is 6.28. The number of hydrogen-bond acceptors (Lipinski definition) is 4. The third-order valence-electron chi connectivity index (χ3n) is 5.42. The summed E-state index contributed by atoms with van der Waals surface area (Å²) in [6, 6.07) is 17.4. The number of aliphatic hydroxyl groups excluding tert-OH is 1. The Morgan fingerprint density at radius 1 is 0.912 bits per heavy atom. The number of alkyl halides is 3. The molecule has 34 heavy (non-hydrogen) atoms. The molecule has 0 unspecified atom stereocenters. The van der Waals surface area contributed by atoms with Gasteiger partial charge in [-0.2, -0.15) is 13.2 Å². The van der Waals surface area contributed by atoms with E-state index in [0.29, 0.717) is 22.1 Å². The molecule has 0 bridgehead atoms. The average molecular weight is 506 g/mol. The van der Waals surface area contributed by atoms with E-state index in [9.17, 15) is 21.6 Å². The molecule has 0 atom stereocenters. The first-order valence-electron chi connectivity index (χ1n) is 10.3. The molecule has 4 rings (SSSR count). The number of halogens is 4. The number of para-hydroxylation sites is 1. The quantitative estimate of drug-likeness (QED) is 0.329. The van der Waals surface area contributed by atoms with Crippen LogP contribution in [0.25, 0.3) is 33.2 Å². The van der Waals surface area contributed by atoms with Crippen molar-refractivity contribution in [3.8, 4) is 22.3 Å². The van der Waals surface area contributed by atoms with Gasteiger partial charge in [0.05, 0.1) is 26.8 Å². The summed E-state index contributed by atoms with van der Waals surface area (Å²) in [5.74, 6) is -0.215. The van der Waals surface area contributed by atoms with Crippen molar-refractivity contribution >= 4 is 32.3 Å². The van der Waals surface area contributed by atoms with Crippen molar-refractivity contribution in [1.82, 2.24) is 4.98 Å². The van der Waals surface area contributed by atoms with Gasteiger partial charge in [0.25, 0.3) is 0 Å². The lowest BCUT2D eigenvalue weighted by Gasteiger charge is -2.13. The number of hydrogen-bond donors (Lipinski definition) is 1. The first-order chi connectivity index (χ1) is 16.1. The van der Waals surface area contributed by atoms with Crippen molar-refractivity contribution in [1.29, 1.82) is 0 Å². The molecule has 176 valence electrons. The highest BCUT2D eigenvalue weighted by Crippen LogP contribution is 2.38. The molecule has 1 heterocycles. The fourth-order valence-corrected chi connectivity index (χ4v) is 5.71. The Morgan fingerprint density at radius 2 is 1.62 bits per heavy atom. The normalized spacial score (nSPS) is 12.3. The number of aromatic nitrogens is 1. The van der Waals surface area contributed by atoms with Gasteiger partial charge >= 0.3 is 6.18 Å². The van der Waals surface area contributed by atoms with Crippen LogP contribution < -0.4 is 0 Å². The van der Waals surface area contributed by atoms with E-state index in [-0.39, 0.29) is 34.2 Å². The summed E-state index contributed by atoms with van der Waals surface area (Å²) in [5, 5.41) is 9.36. The molecule has 3 aromatic carbocycles. The number of rotatable bonds is 6. The van der Waals surface area contributed by atoms with Gasteiger partial charge in [0.1, 0.15) is 0 Å². The molecule has 0 radical (unpaired) electrons. The molecule has 0 saturated carbocycles. The highest BCUT2D eigenvalue weighted by atomic mass is 35.5. The first-order valence-corrected chi connectivity index (χ1v) is 12.3. The maximum atomic E-state index is 13.5. The van der Waals surface area contributed by atoms with Gasteiger partial charge < -0.3 is 5.11 Å². The van der Waals surface area contributed by atoms with E-state index in [0.717, 1.165) is 11.6 Å². The molecule has 0 aliphatic heterocycles. The molecule has 4 nitrogen and oxygen atoms in total. The summed E-state index contributed by atoms with van der Waals surface area (Å²) in [4.78, 5) is 3.96. The molecule has 0 amide bonds. The molecular weight excluding hydrogens is 487 g/mol. The highest BCUT2D eigenvalue weighted by molar-refractivity contribution is 7.91. The second kappa shape index (κ2) is 9.37. The van der Waals surface area contributed by atoms with Crippen LogP contribution in [0.5, 0.6) is 0 Å². The Bertz CT molecular complexity index is 1470. The minimum atomic E-state index is -4.52. The molecule has 0 saturated heterocycles. The fraction of sp³-hybridized carbons (Fsp3) is 0.160. The van der Waals surface area contributed by atoms with Crippen molar-refractivity contribution in [3.05, 3.63) is 83.5 Å². The van der Waals surface area contributed by atoms with Gasteiger partial charge in [0.15, 0.2) is 9.84 Å². The summed E-state index contributed by atoms with van der Waals surface area (Å²) < 4.78 is 65.2. The Labute approximate surface area is 199 Å². The minimum Gasteiger partial charge on any atom is -0.396 e. The SMILES string of the molecule is O=S(=O)(CCCO)c1ccc(-c2cccc(-c3ccnc4c(C(F)(F)F)cccc34)c2)cc1Cl. The standard InChI is InChI=1S/C25H19ClF3NO3S/c26-22-15-17(8-9-23(22)34(32,33)13-3-12-31)16-4-1-5-18(14-16)19-10-11-30-24-20(19)6-2-7-21(24)25(27,28)29/h1-2,4-11,14-15,31H,3,12-13H2. The Hall–Kier alpha value is -2.94. The van der Waals surface area contributed by atoms with Gasteiger partial charge in [0.2, 0.25) is 0 Å². The lowest BCUT2D eigenvalue weighted by Crippen LogP contribution is -2.08. The first kappa shape index (κ1) is 24.2. The third kappa shape index (κ3) is 4.80. The fourth-order valence-electron chi connectivity index (χ4n) is 3.82. The molecule has 0 aliphatic carbocycles. The number of pyridine rings is 1. The van der Waals surface area contributed by atoms with Crippen LogP contribution >= 0.6 is 11.6 Å². The van der Waals surface area contributed by atoms with E-state index >= 15 is 0 Å². The number of benzene rings is 3. The number of sulfone groups is 1. The summed E-state index contributed by atoms with van der Waals surface area (Å²) in [7, 11) is -3.63. The number of nitrogens with zero attached hydrogens (tertiary/aromatic N) is 1. The van der Waals surface area contributed by atoms with E-state index in [2.05, 4.69) is 4.98 Å². The van der Waals surface area contributed by atoms with Gasteiger partial charge in [-0.25, -0.2) is 8.42 Å². The third-order valence-corrected chi connectivity index (χ3v) is 7.70. The molecule has 0 aliphatic rings. The van der Waals surface area contributed by atoms with Crippen LogP contribution in [0.4, 0.5) is 13.2 Å². The van der Waals surface area contributed by atoms with Crippen molar-refractivity contribution in [2.24, 2.45) is 0 Å². The van der Waals surface area contributed by atoms with Crippen LogP contribution in [-0.4, -0.2) is 30.9 Å². The van der Waals surface area contributed by atoms with Crippen LogP contribution in [0.15, 0.2) is 77.8 Å². The smallest absolute Gasteiger partial charge is 0.396 e. The van der Waals surface area contributed by atoms with Crippen LogP contribution in [-0.2, 0) is 16.0 Å². The second-order valence-electron chi connectivity index (χ2n) is 7.68. The molecule has 1 N–H and O–H groups in total. The zero-order valence-electron chi connectivity index (χ0n) is 17.7. The van der Waals surface area contributed by atoms with Crippen molar-refractivity contribution < 1.29 is 26.7 Å². The summed E-state index contributed by atoms with van der Waals surface area (Å²) in [5.41, 5.74) is 1.72. The van der Waals surface area contributed by atoms with Crippen LogP contribution in [0.1, 0.15) is 12.0 Å². The Morgan fingerprint density at radius 3 is 2.32 bits per heavy atom. The predicted octanol–water partition coefficient (Wildman–Crippen LogP) is 6.40. The average Bonchev–Trinajstić information content (AvgIpc) is 2.81. The van der Waals surface area contributed by atoms with E-state index < -0.39 is 21.6 Å². The summed E-state index contributed by atoms with van der Waals surface area (Å²) in [6.45, 7) is -0.240. The molecular formula is C25H19ClF3NO3S. The van der Waals surface area contributed by atoms with Crippen LogP contribution in [0.2, 0.25) is 5.02 Å². The van der Waals surface area contributed by atoms with E-state index in [4.69, 9.17) is 16.7 Å². The lowest BCUT2D eigenvalue weighted by molar-refractivity contribution is -0.136. The van der Waals surface area contributed by atoms with Gasteiger partial charge in [-0.1, -0.05) is 48.0 Å². The maximum absolute atomic E-state index is 13.5. The lowest BCUT2D eigenvalue weighted by atomic mass is 9.96. The molecule has 4 aromatic rings. The van der Waals surface area contributed by atoms with Gasteiger partial charge in [-0.3, -0.25) is 4.98 Å². The van der Waals surface area contributed by atoms with Crippen molar-refractivity contribution in [2.45, 2.75) is 17.5 Å². The predicted molar refractivity (Wildman–Crippen MR) is 126 cm³/mol. The number of fused-ring (bicyclic) bond motifs is 1. The van der Waals surface area contributed by atoms with Gasteiger partial charge in [0, 0.05) is 18.2 Å². The van der Waals surface area contributed by atoms with Gasteiger partial charge in [-0.15, -0.1) is 0 Å². The van der Waals surface area contributed by atoms with Crippen molar-refractivity contribution in [2.75, 3.05) is 12.4 Å². The Balaban J connectivity index is 1.77. The van der Waals surface area contributed by atoms with E-state index in [1.165, 1.54) is 18.3 Å². The zero-order valence-corrected chi connectivity index (χ0v) is 19.3. The van der Waals surface area contributed by atoms with Crippen LogP contribution in [0.3, 0.4) is 0 Å². The zero-order chi connectivity index (χ0) is 24.5. The van der Waals surface area contributed by atoms with E-state index in [1.54, 1.807) is 48.5 Å². The monoisotopic (exact) mass is 505 g/mol. The maximum Gasteiger partial charge on any atom is 0.418 e. The Kier molecular flexibility index (Phi) is 6.66. The topological polar surface area (TPSA) is 67.3 Å². The van der Waals surface area contributed by atoms with Gasteiger partial charge in [-0.05, 0) is 59.0 Å². The number of aliphatic hydroxyl groups is 1.